The lowest BCUT2D eigenvalue weighted by Gasteiger charge is -2.36. The summed E-state index contributed by atoms with van der Waals surface area (Å²) in [6, 6.07) is 5.30. The Balaban J connectivity index is 2.01. The van der Waals surface area contributed by atoms with Gasteiger partial charge >= 0.3 is 6.18 Å². The minimum Gasteiger partial charge on any atom is -0.368 e. The molecule has 0 unspecified atom stereocenters. The van der Waals surface area contributed by atoms with Crippen LogP contribution in [0.4, 0.5) is 18.9 Å². The maximum atomic E-state index is 12.7. The van der Waals surface area contributed by atoms with E-state index in [0.29, 0.717) is 44.0 Å². The molecule has 0 radical (unpaired) electrons. The van der Waals surface area contributed by atoms with E-state index in [0.717, 1.165) is 12.1 Å². The Morgan fingerprint density at radius 3 is 2.43 bits per heavy atom. The fourth-order valence-corrected chi connectivity index (χ4v) is 2.54. The van der Waals surface area contributed by atoms with Gasteiger partial charge in [-0.3, -0.25) is 4.79 Å². The molecular weight excluding hydrogens is 301 g/mol. The molecule has 1 fully saturated rings. The molecule has 1 saturated heterocycles. The summed E-state index contributed by atoms with van der Waals surface area (Å²) < 4.78 is 38.1. The highest BCUT2D eigenvalue weighted by atomic mass is 32.1. The lowest BCUT2D eigenvalue weighted by atomic mass is 10.1. The zero-order valence-corrected chi connectivity index (χ0v) is 12.3. The number of nitrogens with zero attached hydrogens (tertiary/aromatic N) is 2. The number of halogens is 3. The molecule has 1 aromatic rings. The number of piperazine rings is 1. The molecule has 0 atom stereocenters. The molecule has 1 heterocycles. The third-order valence-electron chi connectivity index (χ3n) is 3.50. The summed E-state index contributed by atoms with van der Waals surface area (Å²) in [5.74, 6) is 0.556. The van der Waals surface area contributed by atoms with E-state index < -0.39 is 11.7 Å². The van der Waals surface area contributed by atoms with Crippen LogP contribution in [0.1, 0.15) is 12.0 Å². The van der Waals surface area contributed by atoms with Gasteiger partial charge in [0.2, 0.25) is 5.91 Å². The van der Waals surface area contributed by atoms with Crippen LogP contribution in [0.15, 0.2) is 24.3 Å². The average molecular weight is 318 g/mol. The number of thiol groups is 1. The van der Waals surface area contributed by atoms with Crippen molar-refractivity contribution in [2.75, 3.05) is 36.8 Å². The van der Waals surface area contributed by atoms with E-state index in [9.17, 15) is 18.0 Å². The van der Waals surface area contributed by atoms with Gasteiger partial charge in [0.15, 0.2) is 0 Å². The first-order chi connectivity index (χ1) is 9.91. The van der Waals surface area contributed by atoms with Crippen molar-refractivity contribution in [1.82, 2.24) is 4.90 Å². The highest BCUT2D eigenvalue weighted by molar-refractivity contribution is 7.80. The van der Waals surface area contributed by atoms with Crippen LogP contribution in [0.2, 0.25) is 0 Å². The lowest BCUT2D eigenvalue weighted by molar-refractivity contribution is -0.137. The predicted molar refractivity (Wildman–Crippen MR) is 78.7 cm³/mol. The number of alkyl halides is 3. The van der Waals surface area contributed by atoms with E-state index in [1.165, 1.54) is 6.07 Å². The molecule has 21 heavy (non-hydrogen) atoms. The van der Waals surface area contributed by atoms with Crippen molar-refractivity contribution in [1.29, 1.82) is 0 Å². The fraction of sp³-hybridized carbons (Fsp3) is 0.500. The van der Waals surface area contributed by atoms with Crippen molar-refractivity contribution < 1.29 is 18.0 Å². The summed E-state index contributed by atoms with van der Waals surface area (Å²) in [5, 5.41) is 0. The monoisotopic (exact) mass is 318 g/mol. The normalized spacial score (nSPS) is 16.2. The topological polar surface area (TPSA) is 23.6 Å². The molecular formula is C14H17F3N2OS. The van der Waals surface area contributed by atoms with Crippen LogP contribution >= 0.6 is 12.6 Å². The number of hydrogen-bond donors (Lipinski definition) is 1. The third kappa shape index (κ3) is 4.06. The minimum atomic E-state index is -4.33. The van der Waals surface area contributed by atoms with Crippen molar-refractivity contribution in [3.63, 3.8) is 0 Å². The zero-order chi connectivity index (χ0) is 15.5. The Morgan fingerprint density at radius 2 is 1.86 bits per heavy atom. The molecule has 2 rings (SSSR count). The van der Waals surface area contributed by atoms with Crippen LogP contribution < -0.4 is 4.90 Å². The molecule has 1 aliphatic rings. The van der Waals surface area contributed by atoms with E-state index in [4.69, 9.17) is 0 Å². The molecule has 0 spiro atoms. The molecule has 1 aliphatic heterocycles. The number of carbonyl (C=O) groups excluding carboxylic acids is 1. The van der Waals surface area contributed by atoms with E-state index in [1.807, 2.05) is 4.90 Å². The summed E-state index contributed by atoms with van der Waals surface area (Å²) in [7, 11) is 0. The third-order valence-corrected chi connectivity index (χ3v) is 3.72. The summed E-state index contributed by atoms with van der Waals surface area (Å²) >= 11 is 4.03. The van der Waals surface area contributed by atoms with Crippen molar-refractivity contribution in [2.24, 2.45) is 0 Å². The first-order valence-electron chi connectivity index (χ1n) is 6.72. The van der Waals surface area contributed by atoms with Gasteiger partial charge in [-0.05, 0) is 24.0 Å². The number of anilines is 1. The highest BCUT2D eigenvalue weighted by Crippen LogP contribution is 2.31. The quantitative estimate of drug-likeness (QED) is 0.866. The van der Waals surface area contributed by atoms with E-state index in [2.05, 4.69) is 12.6 Å². The van der Waals surface area contributed by atoms with Crippen LogP contribution in [-0.2, 0) is 11.0 Å². The molecule has 7 heteroatoms. The first-order valence-corrected chi connectivity index (χ1v) is 7.36. The largest absolute Gasteiger partial charge is 0.416 e. The molecule has 0 N–H and O–H groups in total. The highest BCUT2D eigenvalue weighted by Gasteiger charge is 2.31. The Hall–Kier alpha value is -1.37. The zero-order valence-electron chi connectivity index (χ0n) is 11.4. The van der Waals surface area contributed by atoms with Crippen molar-refractivity contribution in [3.8, 4) is 0 Å². The van der Waals surface area contributed by atoms with E-state index in [1.54, 1.807) is 11.0 Å². The summed E-state index contributed by atoms with van der Waals surface area (Å²) in [4.78, 5) is 15.3. The molecule has 0 aliphatic carbocycles. The van der Waals surface area contributed by atoms with Gasteiger partial charge < -0.3 is 9.80 Å². The minimum absolute atomic E-state index is 0.0497. The first kappa shape index (κ1) is 16.0. The molecule has 0 bridgehead atoms. The fourth-order valence-electron chi connectivity index (χ4n) is 2.35. The Kier molecular flexibility index (Phi) is 5.03. The number of benzene rings is 1. The molecule has 0 aromatic heterocycles. The Morgan fingerprint density at radius 1 is 1.19 bits per heavy atom. The van der Waals surface area contributed by atoms with Gasteiger partial charge in [0.1, 0.15) is 0 Å². The van der Waals surface area contributed by atoms with E-state index >= 15 is 0 Å². The van der Waals surface area contributed by atoms with E-state index in [-0.39, 0.29) is 5.91 Å². The number of carbonyl (C=O) groups is 1. The van der Waals surface area contributed by atoms with Crippen LogP contribution in [0.25, 0.3) is 0 Å². The van der Waals surface area contributed by atoms with Crippen molar-refractivity contribution in [3.05, 3.63) is 29.8 Å². The van der Waals surface area contributed by atoms with Gasteiger partial charge in [0.25, 0.3) is 0 Å². The molecule has 0 saturated carbocycles. The smallest absolute Gasteiger partial charge is 0.368 e. The second-order valence-electron chi connectivity index (χ2n) is 4.89. The SMILES string of the molecule is O=C(CCS)N1CCN(c2cccc(C(F)(F)F)c2)CC1. The van der Waals surface area contributed by atoms with Crippen LogP contribution in [-0.4, -0.2) is 42.7 Å². The second-order valence-corrected chi connectivity index (χ2v) is 5.34. The maximum Gasteiger partial charge on any atom is 0.416 e. The van der Waals surface area contributed by atoms with Crippen LogP contribution in [0, 0.1) is 0 Å². The predicted octanol–water partition coefficient (Wildman–Crippen LogP) is 2.67. The molecule has 3 nitrogen and oxygen atoms in total. The lowest BCUT2D eigenvalue weighted by Crippen LogP contribution is -2.48. The number of rotatable bonds is 3. The number of amides is 1. The van der Waals surface area contributed by atoms with Gasteiger partial charge in [-0.25, -0.2) is 0 Å². The van der Waals surface area contributed by atoms with Gasteiger partial charge in [0, 0.05) is 38.3 Å². The standard InChI is InChI=1S/C14H17F3N2OS/c15-14(16,17)11-2-1-3-12(10-11)18-5-7-19(8-6-18)13(20)4-9-21/h1-3,10,21H,4-9H2. The molecule has 1 amide bonds. The maximum absolute atomic E-state index is 12.7. The number of hydrogen-bond acceptors (Lipinski definition) is 3. The Labute approximate surface area is 127 Å². The van der Waals surface area contributed by atoms with Crippen LogP contribution in [0.5, 0.6) is 0 Å². The summed E-state index contributed by atoms with van der Waals surface area (Å²) in [5.41, 5.74) is -0.0975. The van der Waals surface area contributed by atoms with Gasteiger partial charge in [-0.1, -0.05) is 6.07 Å². The van der Waals surface area contributed by atoms with Gasteiger partial charge in [-0.15, -0.1) is 0 Å². The molecule has 1 aromatic carbocycles. The average Bonchev–Trinajstić information content (AvgIpc) is 2.47. The van der Waals surface area contributed by atoms with Crippen molar-refractivity contribution in [2.45, 2.75) is 12.6 Å². The van der Waals surface area contributed by atoms with Gasteiger partial charge in [0.05, 0.1) is 5.56 Å². The summed E-state index contributed by atoms with van der Waals surface area (Å²) in [6.45, 7) is 2.14. The molecule has 116 valence electrons. The van der Waals surface area contributed by atoms with Crippen LogP contribution in [0.3, 0.4) is 0 Å². The van der Waals surface area contributed by atoms with Gasteiger partial charge in [-0.2, -0.15) is 25.8 Å². The second kappa shape index (κ2) is 6.60. The summed E-state index contributed by atoms with van der Waals surface area (Å²) in [6.07, 6.45) is -3.94. The van der Waals surface area contributed by atoms with Crippen molar-refractivity contribution >= 4 is 24.2 Å². The Bertz CT molecular complexity index is 499.